The Kier molecular flexibility index (Phi) is 4.87. The van der Waals surface area contributed by atoms with E-state index in [1.165, 1.54) is 20.4 Å². The smallest absolute Gasteiger partial charge is 0.246 e. The van der Waals surface area contributed by atoms with Crippen molar-refractivity contribution in [2.24, 2.45) is 5.92 Å². The number of carbonyl (C=O) groups excluding carboxylic acids is 1. The minimum Gasteiger partial charge on any atom is -0.480 e. The summed E-state index contributed by atoms with van der Waals surface area (Å²) in [7, 11) is 2.96. The Morgan fingerprint density at radius 3 is 2.41 bits per heavy atom. The first-order valence-electron chi connectivity index (χ1n) is 5.67. The molecule has 0 N–H and O–H groups in total. The Balaban J connectivity index is 3.08. The van der Waals surface area contributed by atoms with Crippen LogP contribution in [-0.4, -0.2) is 30.0 Å². The molecule has 0 radical (unpaired) electrons. The third-order valence-corrected chi connectivity index (χ3v) is 2.71. The number of hydrogen-bond acceptors (Lipinski definition) is 5. The van der Waals surface area contributed by atoms with Gasteiger partial charge in [0.1, 0.15) is 0 Å². The molecule has 1 heterocycles. The molecule has 0 atom stereocenters. The molecule has 0 amide bonds. The van der Waals surface area contributed by atoms with Crippen LogP contribution in [0.4, 0.5) is 0 Å². The number of hydrogen-bond donors (Lipinski definition) is 0. The van der Waals surface area contributed by atoms with E-state index < -0.39 is 0 Å². The number of aromatic nitrogens is 2. The molecule has 0 unspecified atom stereocenters. The second-order valence-electron chi connectivity index (χ2n) is 3.65. The van der Waals surface area contributed by atoms with Gasteiger partial charge in [0.05, 0.1) is 20.4 Å². The summed E-state index contributed by atoms with van der Waals surface area (Å²) in [4.78, 5) is 20.3. The second-order valence-corrected chi connectivity index (χ2v) is 3.65. The van der Waals surface area contributed by atoms with Crippen molar-refractivity contribution in [3.05, 3.63) is 11.9 Å². The highest BCUT2D eigenvalue weighted by Crippen LogP contribution is 2.22. The third kappa shape index (κ3) is 2.93. The van der Waals surface area contributed by atoms with Gasteiger partial charge in [0.15, 0.2) is 11.5 Å². The van der Waals surface area contributed by atoms with Gasteiger partial charge < -0.3 is 9.47 Å². The third-order valence-electron chi connectivity index (χ3n) is 2.71. The fourth-order valence-electron chi connectivity index (χ4n) is 1.62. The lowest BCUT2D eigenvalue weighted by Crippen LogP contribution is -2.16. The standard InChI is InChI=1S/C12H18N2O3/c1-5-8(6-2)11(15)10-12(17-4)14-9(16-3)7-13-10/h7-8H,5-6H2,1-4H3. The summed E-state index contributed by atoms with van der Waals surface area (Å²) in [6.45, 7) is 3.96. The molecule has 1 aromatic heterocycles. The normalized spacial score (nSPS) is 10.4. The van der Waals surface area contributed by atoms with Crippen molar-refractivity contribution in [1.29, 1.82) is 0 Å². The molecule has 0 aliphatic heterocycles. The van der Waals surface area contributed by atoms with Crippen LogP contribution in [0.2, 0.25) is 0 Å². The second kappa shape index (κ2) is 6.18. The number of ether oxygens (including phenoxy) is 2. The number of Topliss-reactive ketones (excluding diaryl/α,β-unsaturated/α-hetero) is 1. The van der Waals surface area contributed by atoms with Crippen molar-refractivity contribution < 1.29 is 14.3 Å². The van der Waals surface area contributed by atoms with E-state index in [4.69, 9.17) is 9.47 Å². The summed E-state index contributed by atoms with van der Waals surface area (Å²) in [6.07, 6.45) is 3.00. The topological polar surface area (TPSA) is 61.3 Å². The van der Waals surface area contributed by atoms with E-state index in [9.17, 15) is 4.79 Å². The van der Waals surface area contributed by atoms with Crippen LogP contribution in [0.1, 0.15) is 37.2 Å². The first kappa shape index (κ1) is 13.4. The van der Waals surface area contributed by atoms with Gasteiger partial charge >= 0.3 is 0 Å². The first-order chi connectivity index (χ1) is 8.17. The molecule has 17 heavy (non-hydrogen) atoms. The van der Waals surface area contributed by atoms with E-state index in [2.05, 4.69) is 9.97 Å². The highest BCUT2D eigenvalue weighted by Gasteiger charge is 2.23. The molecule has 5 nitrogen and oxygen atoms in total. The van der Waals surface area contributed by atoms with Crippen molar-refractivity contribution in [2.75, 3.05) is 14.2 Å². The number of methoxy groups -OCH3 is 2. The predicted octanol–water partition coefficient (Wildman–Crippen LogP) is 2.11. The SMILES string of the molecule is CCC(CC)C(=O)c1ncc(OC)nc1OC. The van der Waals surface area contributed by atoms with Gasteiger partial charge in [0.25, 0.3) is 0 Å². The monoisotopic (exact) mass is 238 g/mol. The molecule has 0 aliphatic rings. The highest BCUT2D eigenvalue weighted by molar-refractivity contribution is 5.97. The fourth-order valence-corrected chi connectivity index (χ4v) is 1.62. The van der Waals surface area contributed by atoms with Gasteiger partial charge in [-0.15, -0.1) is 0 Å². The minimum atomic E-state index is -0.0356. The molecule has 94 valence electrons. The van der Waals surface area contributed by atoms with Crippen molar-refractivity contribution >= 4 is 5.78 Å². The van der Waals surface area contributed by atoms with Crippen LogP contribution in [0.15, 0.2) is 6.20 Å². The van der Waals surface area contributed by atoms with Gasteiger partial charge in [-0.2, -0.15) is 4.98 Å². The van der Waals surface area contributed by atoms with E-state index in [1.807, 2.05) is 13.8 Å². The van der Waals surface area contributed by atoms with Crippen LogP contribution in [0.25, 0.3) is 0 Å². The Labute approximate surface area is 101 Å². The van der Waals surface area contributed by atoms with E-state index in [1.54, 1.807) is 0 Å². The van der Waals surface area contributed by atoms with E-state index in [-0.39, 0.29) is 23.3 Å². The first-order valence-corrected chi connectivity index (χ1v) is 5.67. The summed E-state index contributed by atoms with van der Waals surface area (Å²) in [6, 6.07) is 0. The lowest BCUT2D eigenvalue weighted by atomic mass is 9.96. The molecule has 1 rings (SSSR count). The summed E-state index contributed by atoms with van der Waals surface area (Å²) >= 11 is 0. The maximum absolute atomic E-state index is 12.2. The van der Waals surface area contributed by atoms with Gasteiger partial charge in [-0.3, -0.25) is 4.79 Å². The Bertz CT molecular complexity index is 389. The van der Waals surface area contributed by atoms with E-state index in [0.717, 1.165) is 12.8 Å². The highest BCUT2D eigenvalue weighted by atomic mass is 16.5. The van der Waals surface area contributed by atoms with E-state index >= 15 is 0 Å². The summed E-state index contributed by atoms with van der Waals surface area (Å²) in [5, 5.41) is 0. The van der Waals surface area contributed by atoms with Gasteiger partial charge in [0, 0.05) is 5.92 Å². The molecule has 0 aromatic carbocycles. The van der Waals surface area contributed by atoms with Crippen molar-refractivity contribution in [2.45, 2.75) is 26.7 Å². The lowest BCUT2D eigenvalue weighted by molar-refractivity contribution is 0.0903. The molecular formula is C12H18N2O3. The van der Waals surface area contributed by atoms with Crippen LogP contribution in [0, 0.1) is 5.92 Å². The molecule has 0 spiro atoms. The maximum atomic E-state index is 12.2. The zero-order valence-corrected chi connectivity index (χ0v) is 10.7. The molecule has 1 aromatic rings. The Morgan fingerprint density at radius 2 is 1.94 bits per heavy atom. The Morgan fingerprint density at radius 1 is 1.29 bits per heavy atom. The van der Waals surface area contributed by atoms with Gasteiger partial charge in [-0.1, -0.05) is 13.8 Å². The average Bonchev–Trinajstić information content (AvgIpc) is 2.39. The van der Waals surface area contributed by atoms with Crippen LogP contribution in [0.5, 0.6) is 11.8 Å². The zero-order chi connectivity index (χ0) is 12.8. The van der Waals surface area contributed by atoms with Crippen LogP contribution in [-0.2, 0) is 0 Å². The number of nitrogens with zero attached hydrogens (tertiary/aromatic N) is 2. The molecule has 0 aliphatic carbocycles. The van der Waals surface area contributed by atoms with Crippen LogP contribution in [0.3, 0.4) is 0 Å². The van der Waals surface area contributed by atoms with Crippen LogP contribution < -0.4 is 9.47 Å². The average molecular weight is 238 g/mol. The van der Waals surface area contributed by atoms with Crippen molar-refractivity contribution in [3.8, 4) is 11.8 Å². The fraction of sp³-hybridized carbons (Fsp3) is 0.583. The van der Waals surface area contributed by atoms with E-state index in [0.29, 0.717) is 5.88 Å². The zero-order valence-electron chi connectivity index (χ0n) is 10.7. The Hall–Kier alpha value is -1.65. The summed E-state index contributed by atoms with van der Waals surface area (Å²) in [5.41, 5.74) is 0.280. The quantitative estimate of drug-likeness (QED) is 0.710. The predicted molar refractivity (Wildman–Crippen MR) is 63.5 cm³/mol. The summed E-state index contributed by atoms with van der Waals surface area (Å²) < 4.78 is 10.0. The van der Waals surface area contributed by atoms with Gasteiger partial charge in [0.2, 0.25) is 11.8 Å². The van der Waals surface area contributed by atoms with Crippen LogP contribution >= 0.6 is 0 Å². The maximum Gasteiger partial charge on any atom is 0.246 e. The molecule has 5 heteroatoms. The molecular weight excluding hydrogens is 220 g/mol. The summed E-state index contributed by atoms with van der Waals surface area (Å²) in [5.74, 6) is 0.498. The van der Waals surface area contributed by atoms with Gasteiger partial charge in [-0.25, -0.2) is 4.98 Å². The number of ketones is 1. The minimum absolute atomic E-state index is 0.0259. The largest absolute Gasteiger partial charge is 0.480 e. The molecule has 0 bridgehead atoms. The number of rotatable bonds is 6. The number of carbonyl (C=O) groups is 1. The van der Waals surface area contributed by atoms with Crippen molar-refractivity contribution in [3.63, 3.8) is 0 Å². The molecule has 0 saturated heterocycles. The molecule has 0 saturated carbocycles. The lowest BCUT2D eigenvalue weighted by Gasteiger charge is -2.12. The molecule has 0 fully saturated rings. The van der Waals surface area contributed by atoms with Crippen molar-refractivity contribution in [1.82, 2.24) is 9.97 Å². The van der Waals surface area contributed by atoms with Gasteiger partial charge in [-0.05, 0) is 12.8 Å².